The molecular weight excluding hydrogens is 169 g/mol. The van der Waals surface area contributed by atoms with Crippen molar-refractivity contribution in [2.45, 2.75) is 19.6 Å². The Hall–Kier alpha value is 0.0700. The van der Waals surface area contributed by atoms with Gasteiger partial charge in [-0.2, -0.15) is 0 Å². The van der Waals surface area contributed by atoms with Crippen molar-refractivity contribution >= 4 is 7.82 Å². The maximum atomic E-state index is 11.2. The minimum Gasteiger partial charge on any atom is -0.303 e. The number of rotatable bonds is 4. The Bertz CT molecular complexity index is 156. The first-order valence-corrected chi connectivity index (χ1v) is 4.50. The lowest BCUT2D eigenvalue weighted by Gasteiger charge is -2.23. The molecule has 0 aliphatic heterocycles. The molecule has 0 saturated heterocycles. The predicted octanol–water partition coefficient (Wildman–Crippen LogP) is 1.10. The highest BCUT2D eigenvalue weighted by Gasteiger charge is 2.30. The molecule has 2 N–H and O–H groups in total. The summed E-state index contributed by atoms with van der Waals surface area (Å²) in [6.07, 6.45) is 0. The summed E-state index contributed by atoms with van der Waals surface area (Å²) in [5.41, 5.74) is 4.39. The van der Waals surface area contributed by atoms with Crippen LogP contribution in [-0.2, 0) is 18.1 Å². The fraction of sp³-hybridized carbons (Fsp3) is 1.00. The molecule has 68 valence electrons. The molecule has 0 unspecified atom stereocenters. The molecule has 0 heterocycles. The third kappa shape index (κ3) is 4.50. The Kier molecular flexibility index (Phi) is 3.67. The lowest BCUT2D eigenvalue weighted by atomic mass is 10.4. The Labute approximate surface area is 66.4 Å². The molecule has 0 aromatic rings. The molecular formula is C5H14NO4P. The van der Waals surface area contributed by atoms with Crippen molar-refractivity contribution < 1.29 is 18.1 Å². The van der Waals surface area contributed by atoms with Gasteiger partial charge < -0.3 is 5.73 Å². The highest BCUT2D eigenvalue weighted by Crippen LogP contribution is 2.49. The van der Waals surface area contributed by atoms with E-state index < -0.39 is 13.5 Å². The summed E-state index contributed by atoms with van der Waals surface area (Å²) in [6.45, 7) is 3.11. The van der Waals surface area contributed by atoms with Crippen LogP contribution in [0.3, 0.4) is 0 Å². The fourth-order valence-electron chi connectivity index (χ4n) is 0.437. The quantitative estimate of drug-likeness (QED) is 0.522. The van der Waals surface area contributed by atoms with Crippen LogP contribution in [0.2, 0.25) is 0 Å². The summed E-state index contributed by atoms with van der Waals surface area (Å²) >= 11 is 0. The average molecular weight is 183 g/mol. The molecule has 5 nitrogen and oxygen atoms in total. The molecule has 0 amide bonds. The fourth-order valence-corrected chi connectivity index (χ4v) is 1.31. The molecule has 0 spiro atoms. The van der Waals surface area contributed by atoms with Gasteiger partial charge in [-0.25, -0.2) is 4.57 Å². The van der Waals surface area contributed by atoms with Gasteiger partial charge in [-0.3, -0.25) is 13.6 Å². The van der Waals surface area contributed by atoms with Gasteiger partial charge in [0.25, 0.3) is 0 Å². The van der Waals surface area contributed by atoms with Gasteiger partial charge in [0.2, 0.25) is 0 Å². The normalized spacial score (nSPS) is 13.5. The Morgan fingerprint density at radius 1 is 1.27 bits per heavy atom. The number of hydrogen-bond donors (Lipinski definition) is 1. The molecule has 0 radical (unpaired) electrons. The summed E-state index contributed by atoms with van der Waals surface area (Å²) in [4.78, 5) is 0. The first kappa shape index (κ1) is 11.1. The van der Waals surface area contributed by atoms with Crippen LogP contribution in [0.1, 0.15) is 13.8 Å². The first-order valence-electron chi connectivity index (χ1n) is 3.04. The second-order valence-corrected chi connectivity index (χ2v) is 4.31. The van der Waals surface area contributed by atoms with E-state index in [2.05, 4.69) is 9.05 Å². The van der Waals surface area contributed by atoms with Gasteiger partial charge in [0, 0.05) is 14.2 Å². The van der Waals surface area contributed by atoms with Crippen LogP contribution >= 0.6 is 7.82 Å². The van der Waals surface area contributed by atoms with Crippen LogP contribution in [0.25, 0.3) is 0 Å². The van der Waals surface area contributed by atoms with Crippen molar-refractivity contribution in [3.63, 3.8) is 0 Å². The zero-order valence-corrected chi connectivity index (χ0v) is 8.05. The first-order chi connectivity index (χ1) is 4.83. The molecule has 11 heavy (non-hydrogen) atoms. The topological polar surface area (TPSA) is 70.8 Å². The van der Waals surface area contributed by atoms with Crippen LogP contribution in [-0.4, -0.2) is 19.9 Å². The van der Waals surface area contributed by atoms with Crippen LogP contribution in [0, 0.1) is 0 Å². The van der Waals surface area contributed by atoms with Crippen molar-refractivity contribution in [3.05, 3.63) is 0 Å². The van der Waals surface area contributed by atoms with Gasteiger partial charge in [-0.1, -0.05) is 0 Å². The molecule has 0 aliphatic rings. The Balaban J connectivity index is 4.21. The van der Waals surface area contributed by atoms with Crippen molar-refractivity contribution in [2.24, 2.45) is 5.73 Å². The lowest BCUT2D eigenvalue weighted by molar-refractivity contribution is 0.0531. The summed E-state index contributed by atoms with van der Waals surface area (Å²) in [5.74, 6) is 0. The molecule has 0 saturated carbocycles. The van der Waals surface area contributed by atoms with E-state index in [0.29, 0.717) is 0 Å². The second-order valence-electron chi connectivity index (χ2n) is 2.51. The summed E-state index contributed by atoms with van der Waals surface area (Å²) in [6, 6.07) is 0. The van der Waals surface area contributed by atoms with E-state index in [4.69, 9.17) is 10.3 Å². The van der Waals surface area contributed by atoms with E-state index in [9.17, 15) is 4.57 Å². The molecule has 0 bridgehead atoms. The van der Waals surface area contributed by atoms with Gasteiger partial charge in [0.15, 0.2) is 0 Å². The number of nitrogens with two attached hydrogens (primary N) is 1. The lowest BCUT2D eigenvalue weighted by Crippen LogP contribution is -2.34. The SMILES string of the molecule is COP(=O)(OC)OC(C)(C)N. The second kappa shape index (κ2) is 3.65. The van der Waals surface area contributed by atoms with Crippen LogP contribution in [0.5, 0.6) is 0 Å². The highest BCUT2D eigenvalue weighted by atomic mass is 31.2. The standard InChI is InChI=1S/C5H14NO4P/c1-5(2,6)10-11(7,8-3)9-4/h6H2,1-4H3. The maximum Gasteiger partial charge on any atom is 0.475 e. The molecule has 0 aliphatic carbocycles. The molecule has 0 rings (SSSR count). The van der Waals surface area contributed by atoms with E-state index >= 15 is 0 Å². The minimum atomic E-state index is -3.43. The van der Waals surface area contributed by atoms with Gasteiger partial charge in [0.05, 0.1) is 0 Å². The van der Waals surface area contributed by atoms with E-state index in [0.717, 1.165) is 0 Å². The van der Waals surface area contributed by atoms with Crippen molar-refractivity contribution in [1.82, 2.24) is 0 Å². The predicted molar refractivity (Wildman–Crippen MR) is 41.0 cm³/mol. The molecule has 0 atom stereocenters. The van der Waals surface area contributed by atoms with Crippen LogP contribution in [0.15, 0.2) is 0 Å². The van der Waals surface area contributed by atoms with Gasteiger partial charge in [0.1, 0.15) is 5.72 Å². The van der Waals surface area contributed by atoms with E-state index in [1.807, 2.05) is 0 Å². The zero-order valence-electron chi connectivity index (χ0n) is 7.16. The summed E-state index contributed by atoms with van der Waals surface area (Å²) in [5, 5.41) is 0. The maximum absolute atomic E-state index is 11.2. The summed E-state index contributed by atoms with van der Waals surface area (Å²) in [7, 11) is -0.963. The average Bonchev–Trinajstić information content (AvgIpc) is 1.84. The van der Waals surface area contributed by atoms with E-state index in [-0.39, 0.29) is 0 Å². The van der Waals surface area contributed by atoms with Crippen LogP contribution in [0.4, 0.5) is 0 Å². The highest BCUT2D eigenvalue weighted by molar-refractivity contribution is 7.48. The number of hydrogen-bond acceptors (Lipinski definition) is 5. The van der Waals surface area contributed by atoms with Crippen molar-refractivity contribution in [3.8, 4) is 0 Å². The number of phosphoric acid groups is 1. The zero-order chi connectivity index (χ0) is 9.12. The molecule has 0 aromatic carbocycles. The Morgan fingerprint density at radius 3 is 1.73 bits per heavy atom. The number of phosphoric ester groups is 1. The minimum absolute atomic E-state index is 1.03. The third-order valence-electron chi connectivity index (χ3n) is 0.794. The van der Waals surface area contributed by atoms with E-state index in [1.165, 1.54) is 14.2 Å². The van der Waals surface area contributed by atoms with Gasteiger partial charge in [-0.05, 0) is 13.8 Å². The monoisotopic (exact) mass is 183 g/mol. The molecule has 6 heteroatoms. The third-order valence-corrected chi connectivity index (χ3v) is 2.38. The van der Waals surface area contributed by atoms with Gasteiger partial charge in [-0.15, -0.1) is 0 Å². The molecule has 0 fully saturated rings. The largest absolute Gasteiger partial charge is 0.475 e. The van der Waals surface area contributed by atoms with Crippen molar-refractivity contribution in [2.75, 3.05) is 14.2 Å². The smallest absolute Gasteiger partial charge is 0.303 e. The Morgan fingerprint density at radius 2 is 1.64 bits per heavy atom. The van der Waals surface area contributed by atoms with Crippen molar-refractivity contribution in [1.29, 1.82) is 0 Å². The van der Waals surface area contributed by atoms with Gasteiger partial charge >= 0.3 is 7.82 Å². The molecule has 0 aromatic heterocycles. The van der Waals surface area contributed by atoms with E-state index in [1.54, 1.807) is 13.8 Å². The summed E-state index contributed by atoms with van der Waals surface area (Å²) < 4.78 is 25.0. The van der Waals surface area contributed by atoms with Crippen LogP contribution < -0.4 is 5.73 Å².